The average Bonchev–Trinajstić information content (AvgIpc) is 2.61. The summed E-state index contributed by atoms with van der Waals surface area (Å²) in [4.78, 5) is 6.72. The maximum Gasteiger partial charge on any atom is 0.191 e. The van der Waals surface area contributed by atoms with Crippen molar-refractivity contribution in [1.82, 2.24) is 15.5 Å². The number of nitrogens with zero attached hydrogens (tertiary/aromatic N) is 2. The molecule has 1 aromatic carbocycles. The molecule has 5 nitrogen and oxygen atoms in total. The molecule has 0 amide bonds. The molecular weight excluding hydrogens is 288 g/mol. The Morgan fingerprint density at radius 3 is 2.52 bits per heavy atom. The summed E-state index contributed by atoms with van der Waals surface area (Å²) in [7, 11) is 3.50. The summed E-state index contributed by atoms with van der Waals surface area (Å²) in [6, 6.07) is 8.03. The van der Waals surface area contributed by atoms with Crippen molar-refractivity contribution in [2.75, 3.05) is 40.3 Å². The molecule has 1 rings (SSSR count). The number of guanidine groups is 1. The van der Waals surface area contributed by atoms with Crippen LogP contribution in [0.2, 0.25) is 0 Å². The third-order valence-corrected chi connectivity index (χ3v) is 3.95. The van der Waals surface area contributed by atoms with Gasteiger partial charge in [-0.05, 0) is 38.5 Å². The predicted octanol–water partition coefficient (Wildman–Crippen LogP) is 2.48. The molecule has 1 aromatic rings. The minimum Gasteiger partial charge on any atom is -0.496 e. The number of nitrogens with one attached hydrogen (secondary N) is 2. The van der Waals surface area contributed by atoms with Gasteiger partial charge in [-0.3, -0.25) is 4.99 Å². The zero-order chi connectivity index (χ0) is 16.9. The van der Waals surface area contributed by atoms with Crippen molar-refractivity contribution in [3.05, 3.63) is 29.8 Å². The molecule has 23 heavy (non-hydrogen) atoms. The van der Waals surface area contributed by atoms with Crippen LogP contribution in [0.5, 0.6) is 5.75 Å². The van der Waals surface area contributed by atoms with Crippen LogP contribution in [0.3, 0.4) is 0 Å². The Bertz CT molecular complexity index is 458. The van der Waals surface area contributed by atoms with E-state index < -0.39 is 0 Å². The summed E-state index contributed by atoms with van der Waals surface area (Å²) in [5.41, 5.74) is 1.12. The Kier molecular flexibility index (Phi) is 9.87. The maximum absolute atomic E-state index is 5.36. The number of aliphatic imine (C=N–C) groups is 1. The SMILES string of the molecule is CCN(CC)CCCCNC(=NC)NCc1ccccc1OC. The van der Waals surface area contributed by atoms with Gasteiger partial charge >= 0.3 is 0 Å². The van der Waals surface area contributed by atoms with Gasteiger partial charge < -0.3 is 20.3 Å². The second-order valence-electron chi connectivity index (χ2n) is 5.40. The van der Waals surface area contributed by atoms with E-state index in [1.807, 2.05) is 18.2 Å². The molecule has 0 atom stereocenters. The molecule has 2 N–H and O–H groups in total. The molecule has 0 spiro atoms. The van der Waals surface area contributed by atoms with E-state index in [2.05, 4.69) is 40.4 Å². The van der Waals surface area contributed by atoms with Gasteiger partial charge in [0.25, 0.3) is 0 Å². The van der Waals surface area contributed by atoms with Crippen molar-refractivity contribution in [2.45, 2.75) is 33.2 Å². The number of methoxy groups -OCH3 is 1. The van der Waals surface area contributed by atoms with Crippen LogP contribution in [-0.2, 0) is 6.54 Å². The number of benzene rings is 1. The average molecular weight is 320 g/mol. The molecule has 0 bridgehead atoms. The van der Waals surface area contributed by atoms with Crippen LogP contribution in [0.4, 0.5) is 0 Å². The first-order valence-electron chi connectivity index (χ1n) is 8.53. The van der Waals surface area contributed by atoms with Crippen molar-refractivity contribution in [3.63, 3.8) is 0 Å². The van der Waals surface area contributed by atoms with Gasteiger partial charge in [0.15, 0.2) is 5.96 Å². The van der Waals surface area contributed by atoms with Crippen LogP contribution in [0, 0.1) is 0 Å². The van der Waals surface area contributed by atoms with E-state index in [0.717, 1.165) is 43.3 Å². The minimum absolute atomic E-state index is 0.698. The van der Waals surface area contributed by atoms with E-state index in [0.29, 0.717) is 6.54 Å². The lowest BCUT2D eigenvalue weighted by molar-refractivity contribution is 0.297. The second-order valence-corrected chi connectivity index (χ2v) is 5.40. The van der Waals surface area contributed by atoms with Gasteiger partial charge in [-0.25, -0.2) is 0 Å². The molecule has 0 unspecified atom stereocenters. The van der Waals surface area contributed by atoms with Gasteiger partial charge in [-0.2, -0.15) is 0 Å². The van der Waals surface area contributed by atoms with Gasteiger partial charge in [0, 0.05) is 25.7 Å². The van der Waals surface area contributed by atoms with Gasteiger partial charge in [0.05, 0.1) is 7.11 Å². The monoisotopic (exact) mass is 320 g/mol. The van der Waals surface area contributed by atoms with E-state index in [1.165, 1.54) is 13.0 Å². The molecule has 0 fully saturated rings. The number of hydrogen-bond acceptors (Lipinski definition) is 3. The van der Waals surface area contributed by atoms with Crippen molar-refractivity contribution < 1.29 is 4.74 Å². The van der Waals surface area contributed by atoms with Gasteiger partial charge in [-0.1, -0.05) is 32.0 Å². The first-order chi connectivity index (χ1) is 11.2. The lowest BCUT2D eigenvalue weighted by Gasteiger charge is -2.18. The summed E-state index contributed by atoms with van der Waals surface area (Å²) >= 11 is 0. The molecule has 0 saturated carbocycles. The smallest absolute Gasteiger partial charge is 0.191 e. The Morgan fingerprint density at radius 1 is 1.13 bits per heavy atom. The quantitative estimate of drug-likeness (QED) is 0.395. The van der Waals surface area contributed by atoms with Crippen LogP contribution in [0.15, 0.2) is 29.3 Å². The molecule has 0 heterocycles. The van der Waals surface area contributed by atoms with E-state index >= 15 is 0 Å². The molecule has 0 aromatic heterocycles. The number of para-hydroxylation sites is 1. The highest BCUT2D eigenvalue weighted by atomic mass is 16.5. The largest absolute Gasteiger partial charge is 0.496 e. The highest BCUT2D eigenvalue weighted by Crippen LogP contribution is 2.16. The van der Waals surface area contributed by atoms with Gasteiger partial charge in [0.1, 0.15) is 5.75 Å². The number of ether oxygens (including phenoxy) is 1. The topological polar surface area (TPSA) is 48.9 Å². The Hall–Kier alpha value is -1.75. The molecule has 130 valence electrons. The lowest BCUT2D eigenvalue weighted by atomic mass is 10.2. The van der Waals surface area contributed by atoms with Gasteiger partial charge in [0.2, 0.25) is 0 Å². The molecule has 0 aliphatic carbocycles. The first-order valence-corrected chi connectivity index (χ1v) is 8.53. The van der Waals surface area contributed by atoms with Crippen molar-refractivity contribution in [1.29, 1.82) is 0 Å². The number of unbranched alkanes of at least 4 members (excludes halogenated alkanes) is 1. The Morgan fingerprint density at radius 2 is 1.87 bits per heavy atom. The normalized spacial score (nSPS) is 11.6. The highest BCUT2D eigenvalue weighted by molar-refractivity contribution is 5.79. The third kappa shape index (κ3) is 7.37. The first kappa shape index (κ1) is 19.3. The van der Waals surface area contributed by atoms with Crippen LogP contribution >= 0.6 is 0 Å². The van der Waals surface area contributed by atoms with Crippen molar-refractivity contribution in [2.24, 2.45) is 4.99 Å². The van der Waals surface area contributed by atoms with E-state index in [4.69, 9.17) is 4.74 Å². The highest BCUT2D eigenvalue weighted by Gasteiger charge is 2.03. The lowest BCUT2D eigenvalue weighted by Crippen LogP contribution is -2.37. The summed E-state index contributed by atoms with van der Waals surface area (Å²) in [5.74, 6) is 1.73. The molecule has 5 heteroatoms. The summed E-state index contributed by atoms with van der Waals surface area (Å²) < 4.78 is 5.36. The summed E-state index contributed by atoms with van der Waals surface area (Å²) in [5, 5.41) is 6.70. The fourth-order valence-electron chi connectivity index (χ4n) is 2.46. The molecular formula is C18H32N4O. The molecule has 0 aliphatic rings. The van der Waals surface area contributed by atoms with Crippen LogP contribution < -0.4 is 15.4 Å². The number of rotatable bonds is 10. The zero-order valence-corrected chi connectivity index (χ0v) is 15.1. The van der Waals surface area contributed by atoms with Crippen molar-refractivity contribution >= 4 is 5.96 Å². The van der Waals surface area contributed by atoms with E-state index in [1.54, 1.807) is 14.2 Å². The maximum atomic E-state index is 5.36. The minimum atomic E-state index is 0.698. The molecule has 0 radical (unpaired) electrons. The Labute approximate surface area is 141 Å². The second kappa shape index (κ2) is 11.8. The predicted molar refractivity (Wildman–Crippen MR) is 98.2 cm³/mol. The summed E-state index contributed by atoms with van der Waals surface area (Å²) in [6.45, 7) is 9.49. The van der Waals surface area contributed by atoms with E-state index in [9.17, 15) is 0 Å². The molecule has 0 aliphatic heterocycles. The third-order valence-electron chi connectivity index (χ3n) is 3.95. The molecule has 0 saturated heterocycles. The van der Waals surface area contributed by atoms with Crippen LogP contribution in [-0.4, -0.2) is 51.2 Å². The van der Waals surface area contributed by atoms with Crippen LogP contribution in [0.25, 0.3) is 0 Å². The van der Waals surface area contributed by atoms with Crippen molar-refractivity contribution in [3.8, 4) is 5.75 Å². The standard InChI is InChI=1S/C18H32N4O/c1-5-22(6-2)14-10-9-13-20-18(19-3)21-15-16-11-7-8-12-17(16)23-4/h7-8,11-12H,5-6,9-10,13-15H2,1-4H3,(H2,19,20,21). The zero-order valence-electron chi connectivity index (χ0n) is 15.1. The van der Waals surface area contributed by atoms with E-state index in [-0.39, 0.29) is 0 Å². The fraction of sp³-hybridized carbons (Fsp3) is 0.611. The van der Waals surface area contributed by atoms with Gasteiger partial charge in [-0.15, -0.1) is 0 Å². The fourth-order valence-corrected chi connectivity index (χ4v) is 2.46. The number of hydrogen-bond donors (Lipinski definition) is 2. The van der Waals surface area contributed by atoms with Crippen LogP contribution in [0.1, 0.15) is 32.3 Å². The summed E-state index contributed by atoms with van der Waals surface area (Å²) in [6.07, 6.45) is 2.35. The Balaban J connectivity index is 2.27.